The maximum atomic E-state index is 11.9. The number of alkyl halides is 3. The summed E-state index contributed by atoms with van der Waals surface area (Å²) in [4.78, 5) is 15.2. The zero-order valence-electron chi connectivity index (χ0n) is 9.95. The number of nitrogens with zero attached hydrogens (tertiary/aromatic N) is 1. The van der Waals surface area contributed by atoms with Gasteiger partial charge in [-0.1, -0.05) is 0 Å². The number of carbonyl (C=O) groups excluding carboxylic acids is 1. The fourth-order valence-electron chi connectivity index (χ4n) is 1.20. The molecule has 1 rings (SSSR count). The van der Waals surface area contributed by atoms with E-state index in [0.29, 0.717) is 0 Å². The number of nitrogens with one attached hydrogen (secondary N) is 1. The van der Waals surface area contributed by atoms with Crippen LogP contribution in [0.4, 0.5) is 24.7 Å². The molecule has 3 N–H and O–H groups in total. The van der Waals surface area contributed by atoms with Crippen LogP contribution in [0.5, 0.6) is 0 Å². The van der Waals surface area contributed by atoms with Gasteiger partial charge < -0.3 is 15.8 Å². The third-order valence-corrected chi connectivity index (χ3v) is 2.75. The van der Waals surface area contributed by atoms with Crippen LogP contribution in [0.3, 0.4) is 0 Å². The largest absolute Gasteiger partial charge is 0.465 e. The summed E-state index contributed by atoms with van der Waals surface area (Å²) in [5.41, 5.74) is 1.53. The number of carbonyl (C=O) groups is 1. The molecule has 0 bridgehead atoms. The summed E-state index contributed by atoms with van der Waals surface area (Å²) in [5, 5.41) is 2.67. The van der Waals surface area contributed by atoms with E-state index in [1.54, 1.807) is 0 Å². The van der Waals surface area contributed by atoms with Crippen molar-refractivity contribution in [1.82, 2.24) is 4.98 Å². The van der Waals surface area contributed by atoms with Crippen molar-refractivity contribution in [3.63, 3.8) is 0 Å². The molecular weight excluding hydrogens is 283 g/mol. The van der Waals surface area contributed by atoms with Crippen LogP contribution in [0.2, 0.25) is 0 Å². The van der Waals surface area contributed by atoms with Crippen molar-refractivity contribution in [1.29, 1.82) is 0 Å². The molecule has 0 amide bonds. The molecule has 19 heavy (non-hydrogen) atoms. The predicted molar refractivity (Wildman–Crippen MR) is 67.0 cm³/mol. The molecule has 0 aliphatic carbocycles. The van der Waals surface area contributed by atoms with Crippen LogP contribution in [0, 0.1) is 0 Å². The monoisotopic (exact) mass is 295 g/mol. The minimum absolute atomic E-state index is 0.0572. The predicted octanol–water partition coefficient (Wildman–Crippen LogP) is 2.12. The highest BCUT2D eigenvalue weighted by molar-refractivity contribution is 8.00. The van der Waals surface area contributed by atoms with E-state index in [9.17, 15) is 18.0 Å². The first kappa shape index (κ1) is 15.4. The maximum absolute atomic E-state index is 11.9. The molecule has 0 unspecified atom stereocenters. The van der Waals surface area contributed by atoms with Gasteiger partial charge in [0.05, 0.1) is 24.6 Å². The topological polar surface area (TPSA) is 77.2 Å². The van der Waals surface area contributed by atoms with Gasteiger partial charge in [0.2, 0.25) is 0 Å². The molecule has 0 aliphatic rings. The molecule has 0 spiro atoms. The Hall–Kier alpha value is -1.64. The number of rotatable bonds is 5. The molecule has 0 aromatic carbocycles. The van der Waals surface area contributed by atoms with Gasteiger partial charge in [-0.25, -0.2) is 9.78 Å². The molecule has 0 saturated carbocycles. The highest BCUT2D eigenvalue weighted by atomic mass is 32.2. The summed E-state index contributed by atoms with van der Waals surface area (Å²) in [6.07, 6.45) is 1.24. The van der Waals surface area contributed by atoms with Gasteiger partial charge in [0, 0.05) is 12.3 Å². The minimum atomic E-state index is -4.26. The van der Waals surface area contributed by atoms with Crippen molar-refractivity contribution < 1.29 is 22.7 Å². The van der Waals surface area contributed by atoms with Gasteiger partial charge in [-0.3, -0.25) is 0 Å². The maximum Gasteiger partial charge on any atom is 0.441 e. The first-order chi connectivity index (χ1) is 8.83. The van der Waals surface area contributed by atoms with Crippen molar-refractivity contribution in [3.8, 4) is 0 Å². The third-order valence-electron chi connectivity index (χ3n) is 2.01. The van der Waals surface area contributed by atoms with Gasteiger partial charge in [-0.2, -0.15) is 13.2 Å². The highest BCUT2D eigenvalue weighted by Gasteiger charge is 2.27. The second-order valence-electron chi connectivity index (χ2n) is 3.37. The molecule has 1 aromatic rings. The van der Waals surface area contributed by atoms with Crippen LogP contribution in [-0.2, 0) is 4.74 Å². The van der Waals surface area contributed by atoms with Crippen molar-refractivity contribution >= 4 is 29.2 Å². The Morgan fingerprint density at radius 3 is 2.84 bits per heavy atom. The summed E-state index contributed by atoms with van der Waals surface area (Å²) in [6, 6.07) is 1.33. The minimum Gasteiger partial charge on any atom is -0.465 e. The van der Waals surface area contributed by atoms with E-state index in [1.165, 1.54) is 19.4 Å². The Morgan fingerprint density at radius 1 is 1.58 bits per heavy atom. The van der Waals surface area contributed by atoms with Crippen LogP contribution >= 0.6 is 11.8 Å². The van der Waals surface area contributed by atoms with E-state index in [-0.39, 0.29) is 41.1 Å². The van der Waals surface area contributed by atoms with Crippen LogP contribution in [0.25, 0.3) is 0 Å². The molecule has 0 aliphatic heterocycles. The average molecular weight is 295 g/mol. The summed E-state index contributed by atoms with van der Waals surface area (Å²) < 4.78 is 40.2. The number of pyridine rings is 1. The van der Waals surface area contributed by atoms with Crippen LogP contribution in [0.1, 0.15) is 10.4 Å². The van der Waals surface area contributed by atoms with Gasteiger partial charge in [0.1, 0.15) is 5.82 Å². The number of nitrogens with two attached hydrogens (primary N) is 1. The van der Waals surface area contributed by atoms with Gasteiger partial charge in [-0.15, -0.1) is 0 Å². The number of hydrogen-bond donors (Lipinski definition) is 2. The van der Waals surface area contributed by atoms with Gasteiger partial charge in [0.15, 0.2) is 0 Å². The second kappa shape index (κ2) is 6.50. The zero-order valence-corrected chi connectivity index (χ0v) is 10.8. The number of halogens is 3. The van der Waals surface area contributed by atoms with Crippen molar-refractivity contribution in [2.45, 2.75) is 5.51 Å². The van der Waals surface area contributed by atoms with E-state index in [0.717, 1.165) is 0 Å². The molecule has 9 heteroatoms. The summed E-state index contributed by atoms with van der Waals surface area (Å²) in [5.74, 6) is -0.534. The van der Waals surface area contributed by atoms with Crippen LogP contribution in [0.15, 0.2) is 12.3 Å². The SMILES string of the molecule is COC(=O)c1cc(NCCSC(F)(F)F)ncc1N. The number of hydrogen-bond acceptors (Lipinski definition) is 6. The number of thioether (sulfide) groups is 1. The normalized spacial score (nSPS) is 11.2. The lowest BCUT2D eigenvalue weighted by molar-refractivity contribution is -0.0327. The van der Waals surface area contributed by atoms with Gasteiger partial charge >= 0.3 is 11.5 Å². The Bertz CT molecular complexity index is 454. The first-order valence-corrected chi connectivity index (χ1v) is 6.10. The fraction of sp³-hybridized carbons (Fsp3) is 0.400. The summed E-state index contributed by atoms with van der Waals surface area (Å²) in [7, 11) is 1.20. The standard InChI is InChI=1S/C10H12F3N3O2S/c1-18-9(17)6-4-8(16-5-7(6)14)15-2-3-19-10(11,12)13/h4-5H,2-3,14H2,1H3,(H,15,16). The molecule has 1 heterocycles. The molecule has 5 nitrogen and oxygen atoms in total. The quantitative estimate of drug-likeness (QED) is 0.640. The summed E-state index contributed by atoms with van der Waals surface area (Å²) >= 11 is -0.136. The highest BCUT2D eigenvalue weighted by Crippen LogP contribution is 2.29. The van der Waals surface area contributed by atoms with Gasteiger partial charge in [0.25, 0.3) is 0 Å². The Labute approximate surface area is 111 Å². The van der Waals surface area contributed by atoms with Gasteiger partial charge in [-0.05, 0) is 17.8 Å². The number of nitrogen functional groups attached to an aromatic ring is 1. The molecule has 0 radical (unpaired) electrons. The fourth-order valence-corrected chi connectivity index (χ4v) is 1.63. The molecule has 1 aromatic heterocycles. The zero-order chi connectivity index (χ0) is 14.5. The Morgan fingerprint density at radius 2 is 2.26 bits per heavy atom. The van der Waals surface area contributed by atoms with E-state index in [4.69, 9.17) is 5.73 Å². The molecule has 0 atom stereocenters. The van der Waals surface area contributed by atoms with E-state index in [1.807, 2.05) is 0 Å². The lowest BCUT2D eigenvalue weighted by atomic mass is 10.2. The lowest BCUT2D eigenvalue weighted by Gasteiger charge is -2.09. The molecular formula is C10H12F3N3O2S. The number of aromatic nitrogens is 1. The van der Waals surface area contributed by atoms with E-state index >= 15 is 0 Å². The number of ether oxygens (including phenoxy) is 1. The number of esters is 1. The summed E-state index contributed by atoms with van der Waals surface area (Å²) in [6.45, 7) is 0.0572. The average Bonchev–Trinajstić information content (AvgIpc) is 2.34. The second-order valence-corrected chi connectivity index (χ2v) is 4.53. The number of methoxy groups -OCH3 is 1. The van der Waals surface area contributed by atoms with Crippen molar-refractivity contribution in [3.05, 3.63) is 17.8 Å². The van der Waals surface area contributed by atoms with Crippen molar-refractivity contribution in [2.75, 3.05) is 30.5 Å². The van der Waals surface area contributed by atoms with Crippen molar-refractivity contribution in [2.24, 2.45) is 0 Å². The number of anilines is 2. The third kappa shape index (κ3) is 5.25. The molecule has 0 saturated heterocycles. The Kier molecular flexibility index (Phi) is 5.28. The van der Waals surface area contributed by atoms with Crippen LogP contribution in [-0.4, -0.2) is 35.9 Å². The molecule has 0 fully saturated rings. The molecule has 106 valence electrons. The Balaban J connectivity index is 2.58. The van der Waals surface area contributed by atoms with E-state index < -0.39 is 11.5 Å². The first-order valence-electron chi connectivity index (χ1n) is 5.12. The smallest absolute Gasteiger partial charge is 0.441 e. The lowest BCUT2D eigenvalue weighted by Crippen LogP contribution is -2.12. The van der Waals surface area contributed by atoms with E-state index in [2.05, 4.69) is 15.0 Å². The van der Waals surface area contributed by atoms with Crippen LogP contribution < -0.4 is 11.1 Å².